The summed E-state index contributed by atoms with van der Waals surface area (Å²) in [6.45, 7) is 0.643. The predicted octanol–water partition coefficient (Wildman–Crippen LogP) is 4.50. The zero-order valence-corrected chi connectivity index (χ0v) is 18.5. The van der Waals surface area contributed by atoms with Crippen LogP contribution >= 0.6 is 11.6 Å². The maximum atomic E-state index is 12.5. The van der Waals surface area contributed by atoms with E-state index in [0.29, 0.717) is 28.7 Å². The molecule has 2 aromatic rings. The van der Waals surface area contributed by atoms with Crippen LogP contribution in [0, 0.1) is 0 Å². The van der Waals surface area contributed by atoms with Crippen LogP contribution in [0.25, 0.3) is 0 Å². The molecule has 1 saturated carbocycles. The van der Waals surface area contributed by atoms with Gasteiger partial charge in [-0.15, -0.1) is 0 Å². The average molecular weight is 445 g/mol. The molecule has 0 bridgehead atoms. The van der Waals surface area contributed by atoms with E-state index in [0.717, 1.165) is 18.4 Å². The molecule has 2 N–H and O–H groups in total. The van der Waals surface area contributed by atoms with Crippen LogP contribution in [0.4, 0.5) is 0 Å². The third kappa shape index (κ3) is 7.17. The number of methoxy groups -OCH3 is 1. The zero-order valence-electron chi connectivity index (χ0n) is 17.8. The second-order valence-electron chi connectivity index (χ2n) is 7.69. The van der Waals surface area contributed by atoms with Crippen molar-refractivity contribution in [3.05, 3.63) is 58.6 Å². The Bertz CT molecular complexity index is 880. The zero-order chi connectivity index (χ0) is 22.1. The van der Waals surface area contributed by atoms with Gasteiger partial charge < -0.3 is 20.1 Å². The highest BCUT2D eigenvalue weighted by atomic mass is 35.5. The Morgan fingerprint density at radius 1 is 1.03 bits per heavy atom. The normalized spacial score (nSPS) is 14.0. The fourth-order valence-electron chi connectivity index (χ4n) is 3.61. The molecular formula is C24H29ClN2O4. The van der Waals surface area contributed by atoms with Crippen molar-refractivity contribution in [2.75, 3.05) is 13.7 Å². The van der Waals surface area contributed by atoms with E-state index in [1.54, 1.807) is 30.3 Å². The van der Waals surface area contributed by atoms with Gasteiger partial charge in [-0.1, -0.05) is 43.0 Å². The van der Waals surface area contributed by atoms with Gasteiger partial charge in [0, 0.05) is 29.6 Å². The second-order valence-corrected chi connectivity index (χ2v) is 8.13. The van der Waals surface area contributed by atoms with Gasteiger partial charge in [-0.05, 0) is 48.7 Å². The summed E-state index contributed by atoms with van der Waals surface area (Å²) in [5, 5.41) is 6.52. The Hall–Kier alpha value is -2.73. The molecule has 0 heterocycles. The van der Waals surface area contributed by atoms with Gasteiger partial charge in [0.15, 0.2) is 11.5 Å². The molecule has 2 aromatic carbocycles. The van der Waals surface area contributed by atoms with Crippen molar-refractivity contribution in [1.82, 2.24) is 10.6 Å². The maximum absolute atomic E-state index is 12.5. The molecule has 1 fully saturated rings. The number of rotatable bonds is 9. The van der Waals surface area contributed by atoms with Gasteiger partial charge in [-0.3, -0.25) is 9.59 Å². The molecule has 0 spiro atoms. The SMILES string of the molecule is COc1cc(C(=O)NCCC(=O)NC2CCCCC2)ccc1OCc1ccc(Cl)cc1. The molecule has 0 unspecified atom stereocenters. The molecule has 7 heteroatoms. The molecular weight excluding hydrogens is 416 g/mol. The molecule has 0 saturated heterocycles. The molecule has 3 rings (SSSR count). The average Bonchev–Trinajstić information content (AvgIpc) is 2.79. The smallest absolute Gasteiger partial charge is 0.251 e. The van der Waals surface area contributed by atoms with Crippen molar-refractivity contribution >= 4 is 23.4 Å². The first kappa shape index (κ1) is 22.9. The lowest BCUT2D eigenvalue weighted by Crippen LogP contribution is -2.38. The number of amides is 2. The summed E-state index contributed by atoms with van der Waals surface area (Å²) < 4.78 is 11.2. The number of carbonyl (C=O) groups excluding carboxylic acids is 2. The van der Waals surface area contributed by atoms with Gasteiger partial charge in [-0.25, -0.2) is 0 Å². The highest BCUT2D eigenvalue weighted by molar-refractivity contribution is 6.30. The van der Waals surface area contributed by atoms with Crippen LogP contribution in [0.15, 0.2) is 42.5 Å². The third-order valence-electron chi connectivity index (χ3n) is 5.34. The number of ether oxygens (including phenoxy) is 2. The number of benzene rings is 2. The monoisotopic (exact) mass is 444 g/mol. The van der Waals surface area contributed by atoms with E-state index >= 15 is 0 Å². The first-order valence-corrected chi connectivity index (χ1v) is 11.1. The van der Waals surface area contributed by atoms with Crippen LogP contribution in [-0.2, 0) is 11.4 Å². The van der Waals surface area contributed by atoms with Crippen LogP contribution in [0.3, 0.4) is 0 Å². The van der Waals surface area contributed by atoms with E-state index in [4.69, 9.17) is 21.1 Å². The lowest BCUT2D eigenvalue weighted by molar-refractivity contribution is -0.121. The number of halogens is 1. The van der Waals surface area contributed by atoms with E-state index in [2.05, 4.69) is 10.6 Å². The second kappa shape index (κ2) is 11.6. The van der Waals surface area contributed by atoms with Gasteiger partial charge >= 0.3 is 0 Å². The summed E-state index contributed by atoms with van der Waals surface area (Å²) in [5.74, 6) is 0.737. The minimum absolute atomic E-state index is 0.0178. The minimum atomic E-state index is -0.256. The van der Waals surface area contributed by atoms with Gasteiger partial charge in [0.05, 0.1) is 7.11 Å². The van der Waals surface area contributed by atoms with Crippen molar-refractivity contribution in [3.63, 3.8) is 0 Å². The Morgan fingerprint density at radius 2 is 1.77 bits per heavy atom. The first-order chi connectivity index (χ1) is 15.0. The molecule has 6 nitrogen and oxygen atoms in total. The van der Waals surface area contributed by atoms with Gasteiger partial charge in [0.25, 0.3) is 5.91 Å². The van der Waals surface area contributed by atoms with Crippen molar-refractivity contribution in [2.45, 2.75) is 51.2 Å². The Labute approximate surface area is 188 Å². The van der Waals surface area contributed by atoms with Gasteiger partial charge in [-0.2, -0.15) is 0 Å². The van der Waals surface area contributed by atoms with E-state index in [1.165, 1.54) is 26.4 Å². The van der Waals surface area contributed by atoms with Crippen molar-refractivity contribution < 1.29 is 19.1 Å². The summed E-state index contributed by atoms with van der Waals surface area (Å²) in [6.07, 6.45) is 5.94. The minimum Gasteiger partial charge on any atom is -0.493 e. The summed E-state index contributed by atoms with van der Waals surface area (Å²) >= 11 is 5.90. The Kier molecular flexibility index (Phi) is 8.59. The van der Waals surface area contributed by atoms with E-state index < -0.39 is 0 Å². The largest absolute Gasteiger partial charge is 0.493 e. The van der Waals surface area contributed by atoms with Crippen LogP contribution < -0.4 is 20.1 Å². The van der Waals surface area contributed by atoms with Crippen LogP contribution in [-0.4, -0.2) is 31.5 Å². The molecule has 166 valence electrons. The lowest BCUT2D eigenvalue weighted by Gasteiger charge is -2.22. The molecule has 0 atom stereocenters. The molecule has 0 aliphatic heterocycles. The van der Waals surface area contributed by atoms with Crippen LogP contribution in [0.2, 0.25) is 5.02 Å². The van der Waals surface area contributed by atoms with E-state index in [-0.39, 0.29) is 30.8 Å². The Morgan fingerprint density at radius 3 is 2.48 bits per heavy atom. The quantitative estimate of drug-likeness (QED) is 0.597. The summed E-state index contributed by atoms with van der Waals surface area (Å²) in [6, 6.07) is 12.7. The van der Waals surface area contributed by atoms with Crippen molar-refractivity contribution in [2.24, 2.45) is 0 Å². The topological polar surface area (TPSA) is 76.7 Å². The van der Waals surface area contributed by atoms with E-state index in [1.807, 2.05) is 12.1 Å². The maximum Gasteiger partial charge on any atom is 0.251 e. The fourth-order valence-corrected chi connectivity index (χ4v) is 3.73. The standard InChI is InChI=1S/C24H29ClN2O4/c1-30-22-15-18(9-12-21(22)31-16-17-7-10-19(25)11-8-17)24(29)26-14-13-23(28)27-20-5-3-2-4-6-20/h7-12,15,20H,2-6,13-14,16H2,1H3,(H,26,29)(H,27,28). The van der Waals surface area contributed by atoms with Gasteiger partial charge in [0.1, 0.15) is 6.61 Å². The van der Waals surface area contributed by atoms with Crippen LogP contribution in [0.5, 0.6) is 11.5 Å². The van der Waals surface area contributed by atoms with Crippen molar-refractivity contribution in [1.29, 1.82) is 0 Å². The van der Waals surface area contributed by atoms with E-state index in [9.17, 15) is 9.59 Å². The first-order valence-electron chi connectivity index (χ1n) is 10.7. The highest BCUT2D eigenvalue weighted by Gasteiger charge is 2.16. The third-order valence-corrected chi connectivity index (χ3v) is 5.59. The fraction of sp³-hybridized carbons (Fsp3) is 0.417. The molecule has 2 amide bonds. The lowest BCUT2D eigenvalue weighted by atomic mass is 9.95. The van der Waals surface area contributed by atoms with Crippen LogP contribution in [0.1, 0.15) is 54.4 Å². The summed E-state index contributed by atoms with van der Waals surface area (Å²) in [4.78, 5) is 24.5. The highest BCUT2D eigenvalue weighted by Crippen LogP contribution is 2.29. The molecule has 1 aliphatic carbocycles. The number of hydrogen-bond acceptors (Lipinski definition) is 4. The molecule has 31 heavy (non-hydrogen) atoms. The number of nitrogens with one attached hydrogen (secondary N) is 2. The number of carbonyl (C=O) groups is 2. The predicted molar refractivity (Wildman–Crippen MR) is 121 cm³/mol. The number of hydrogen-bond donors (Lipinski definition) is 2. The summed E-state index contributed by atoms with van der Waals surface area (Å²) in [7, 11) is 1.53. The molecule has 0 aromatic heterocycles. The Balaban J connectivity index is 1.48. The summed E-state index contributed by atoms with van der Waals surface area (Å²) in [5.41, 5.74) is 1.42. The van der Waals surface area contributed by atoms with Gasteiger partial charge in [0.2, 0.25) is 5.91 Å². The molecule has 1 aliphatic rings. The molecule has 0 radical (unpaired) electrons. The van der Waals surface area contributed by atoms with Crippen molar-refractivity contribution in [3.8, 4) is 11.5 Å².